The summed E-state index contributed by atoms with van der Waals surface area (Å²) in [5, 5.41) is 4.70. The molecule has 0 fully saturated rings. The van der Waals surface area contributed by atoms with Crippen molar-refractivity contribution in [3.05, 3.63) is 35.7 Å². The van der Waals surface area contributed by atoms with Crippen LogP contribution in [0.5, 0.6) is 0 Å². The molecule has 0 aliphatic heterocycles. The molecule has 1 N–H and O–H groups in total. The molecule has 0 atom stereocenters. The molecule has 0 unspecified atom stereocenters. The van der Waals surface area contributed by atoms with E-state index in [4.69, 9.17) is 5.10 Å². The van der Waals surface area contributed by atoms with Crippen LogP contribution in [0.2, 0.25) is 0 Å². The van der Waals surface area contributed by atoms with Crippen molar-refractivity contribution in [3.8, 4) is 11.4 Å². The highest BCUT2D eigenvalue weighted by atomic mass is 32.2. The van der Waals surface area contributed by atoms with Gasteiger partial charge < -0.3 is 0 Å². The van der Waals surface area contributed by atoms with Crippen LogP contribution in [-0.2, 0) is 29.4 Å². The van der Waals surface area contributed by atoms with Crippen LogP contribution >= 0.6 is 0 Å². The molecule has 2 aromatic rings. The zero-order valence-electron chi connectivity index (χ0n) is 12.6. The normalized spacial score (nSPS) is 14.8. The molecule has 1 aliphatic carbocycles. The molecule has 6 nitrogen and oxygen atoms in total. The van der Waals surface area contributed by atoms with Crippen molar-refractivity contribution >= 4 is 10.0 Å². The monoisotopic (exact) mass is 320 g/mol. The first kappa shape index (κ1) is 15.2. The summed E-state index contributed by atoms with van der Waals surface area (Å²) < 4.78 is 26.8. The molecule has 0 aromatic carbocycles. The highest BCUT2D eigenvalue weighted by molar-refractivity contribution is 7.88. The number of nitrogens with one attached hydrogen (secondary N) is 1. The highest BCUT2D eigenvalue weighted by Crippen LogP contribution is 2.30. The molecule has 3 rings (SSSR count). The Morgan fingerprint density at radius 3 is 2.82 bits per heavy atom. The fourth-order valence-electron chi connectivity index (χ4n) is 2.90. The summed E-state index contributed by atoms with van der Waals surface area (Å²) in [6, 6.07) is 5.82. The van der Waals surface area contributed by atoms with Gasteiger partial charge in [-0.05, 0) is 37.8 Å². The van der Waals surface area contributed by atoms with Crippen molar-refractivity contribution in [3.63, 3.8) is 0 Å². The van der Waals surface area contributed by atoms with Crippen LogP contribution < -0.4 is 4.72 Å². The van der Waals surface area contributed by atoms with Gasteiger partial charge in [-0.15, -0.1) is 0 Å². The van der Waals surface area contributed by atoms with Crippen LogP contribution in [0, 0.1) is 0 Å². The third kappa shape index (κ3) is 3.36. The Bertz CT molecular complexity index is 753. The predicted octanol–water partition coefficient (Wildman–Crippen LogP) is 1.37. The minimum absolute atomic E-state index is 0.356. The van der Waals surface area contributed by atoms with E-state index in [0.717, 1.165) is 30.7 Å². The van der Waals surface area contributed by atoms with Crippen LogP contribution in [-0.4, -0.2) is 36.0 Å². The maximum atomic E-state index is 11.2. The van der Waals surface area contributed by atoms with E-state index in [-0.39, 0.29) is 0 Å². The number of nitrogens with zero attached hydrogens (tertiary/aromatic N) is 3. The summed E-state index contributed by atoms with van der Waals surface area (Å²) in [6.07, 6.45) is 7.27. The number of hydrogen-bond acceptors (Lipinski definition) is 4. The van der Waals surface area contributed by atoms with Crippen molar-refractivity contribution in [1.82, 2.24) is 19.5 Å². The van der Waals surface area contributed by atoms with E-state index in [1.165, 1.54) is 23.9 Å². The van der Waals surface area contributed by atoms with E-state index in [9.17, 15) is 8.42 Å². The maximum Gasteiger partial charge on any atom is 0.208 e. The first-order chi connectivity index (χ1) is 10.5. The Labute approximate surface area is 130 Å². The van der Waals surface area contributed by atoms with Crippen molar-refractivity contribution in [2.24, 2.45) is 0 Å². The summed E-state index contributed by atoms with van der Waals surface area (Å²) >= 11 is 0. The van der Waals surface area contributed by atoms with Crippen LogP contribution in [0.4, 0.5) is 0 Å². The molecular weight excluding hydrogens is 300 g/mol. The summed E-state index contributed by atoms with van der Waals surface area (Å²) in [6.45, 7) is 0.900. The second-order valence-electron chi connectivity index (χ2n) is 5.59. The van der Waals surface area contributed by atoms with E-state index < -0.39 is 10.0 Å². The lowest BCUT2D eigenvalue weighted by molar-refractivity contribution is 0.541. The lowest BCUT2D eigenvalue weighted by atomic mass is 9.95. The van der Waals surface area contributed by atoms with E-state index in [2.05, 4.69) is 9.71 Å². The first-order valence-electron chi connectivity index (χ1n) is 7.49. The summed E-state index contributed by atoms with van der Waals surface area (Å²) in [5.74, 6) is 0. The average molecular weight is 320 g/mol. The molecule has 1 aliphatic rings. The zero-order valence-corrected chi connectivity index (χ0v) is 13.4. The van der Waals surface area contributed by atoms with Crippen LogP contribution in [0.3, 0.4) is 0 Å². The highest BCUT2D eigenvalue weighted by Gasteiger charge is 2.22. The molecular formula is C15H20N4O2S. The number of aromatic nitrogens is 3. The lowest BCUT2D eigenvalue weighted by Gasteiger charge is -2.14. The van der Waals surface area contributed by atoms with Gasteiger partial charge in [0.05, 0.1) is 18.5 Å². The van der Waals surface area contributed by atoms with Gasteiger partial charge in [0.25, 0.3) is 0 Å². The second kappa shape index (κ2) is 6.18. The molecule has 0 radical (unpaired) electrons. The van der Waals surface area contributed by atoms with E-state index >= 15 is 0 Å². The predicted molar refractivity (Wildman–Crippen MR) is 84.9 cm³/mol. The third-order valence-electron chi connectivity index (χ3n) is 3.85. The minimum Gasteiger partial charge on any atom is -0.267 e. The van der Waals surface area contributed by atoms with Gasteiger partial charge >= 0.3 is 0 Å². The maximum absolute atomic E-state index is 11.2. The van der Waals surface area contributed by atoms with Gasteiger partial charge in [0.15, 0.2) is 0 Å². The van der Waals surface area contributed by atoms with E-state index in [0.29, 0.717) is 13.1 Å². The van der Waals surface area contributed by atoms with Gasteiger partial charge in [0.2, 0.25) is 10.0 Å². The molecule has 7 heteroatoms. The quantitative estimate of drug-likeness (QED) is 0.903. The molecule has 2 aromatic heterocycles. The Morgan fingerprint density at radius 1 is 1.27 bits per heavy atom. The molecule has 0 saturated carbocycles. The second-order valence-corrected chi connectivity index (χ2v) is 7.42. The summed E-state index contributed by atoms with van der Waals surface area (Å²) in [7, 11) is -3.16. The Kier molecular flexibility index (Phi) is 4.26. The zero-order chi connectivity index (χ0) is 15.6. The smallest absolute Gasteiger partial charge is 0.208 e. The van der Waals surface area contributed by atoms with Crippen molar-refractivity contribution < 1.29 is 8.42 Å². The van der Waals surface area contributed by atoms with Crippen molar-refractivity contribution in [2.75, 3.05) is 12.8 Å². The topological polar surface area (TPSA) is 76.9 Å². The number of hydrogen-bond donors (Lipinski definition) is 1. The molecule has 22 heavy (non-hydrogen) atoms. The molecule has 2 heterocycles. The third-order valence-corrected chi connectivity index (χ3v) is 4.58. The standard InChI is InChI=1S/C15H20N4O2S/c1-22(20,21)17-10-11-19-14-8-3-2-6-12(14)15(18-19)13-7-4-5-9-16-13/h4-5,7,9,17H,2-3,6,8,10-11H2,1H3. The van der Waals surface area contributed by atoms with Gasteiger partial charge in [-0.3, -0.25) is 9.67 Å². The van der Waals surface area contributed by atoms with Crippen molar-refractivity contribution in [1.29, 1.82) is 0 Å². The van der Waals surface area contributed by atoms with Crippen molar-refractivity contribution in [2.45, 2.75) is 32.2 Å². The van der Waals surface area contributed by atoms with Gasteiger partial charge in [-0.1, -0.05) is 6.07 Å². The van der Waals surface area contributed by atoms with Gasteiger partial charge in [-0.25, -0.2) is 13.1 Å². The molecule has 118 valence electrons. The molecule has 0 bridgehead atoms. The van der Waals surface area contributed by atoms with Crippen LogP contribution in [0.1, 0.15) is 24.1 Å². The molecule has 0 spiro atoms. The molecule has 0 amide bonds. The van der Waals surface area contributed by atoms with Crippen LogP contribution in [0.25, 0.3) is 11.4 Å². The van der Waals surface area contributed by atoms with E-state index in [1.807, 2.05) is 22.9 Å². The van der Waals surface area contributed by atoms with Gasteiger partial charge in [0, 0.05) is 24.0 Å². The fourth-order valence-corrected chi connectivity index (χ4v) is 3.36. The number of pyridine rings is 1. The largest absolute Gasteiger partial charge is 0.267 e. The first-order valence-corrected chi connectivity index (χ1v) is 9.38. The minimum atomic E-state index is -3.16. The lowest BCUT2D eigenvalue weighted by Crippen LogP contribution is -2.27. The summed E-state index contributed by atoms with van der Waals surface area (Å²) in [5.41, 5.74) is 4.32. The Hall–Kier alpha value is -1.73. The van der Waals surface area contributed by atoms with E-state index in [1.54, 1.807) is 6.20 Å². The summed E-state index contributed by atoms with van der Waals surface area (Å²) in [4.78, 5) is 4.40. The Morgan fingerprint density at radius 2 is 2.09 bits per heavy atom. The number of sulfonamides is 1. The Balaban J connectivity index is 1.89. The SMILES string of the molecule is CS(=O)(=O)NCCn1nc(-c2ccccn2)c2c1CCCC2. The molecule has 0 saturated heterocycles. The average Bonchev–Trinajstić information content (AvgIpc) is 2.86. The fraction of sp³-hybridized carbons (Fsp3) is 0.467. The number of fused-ring (bicyclic) bond motifs is 1. The van der Waals surface area contributed by atoms with Crippen LogP contribution in [0.15, 0.2) is 24.4 Å². The number of rotatable bonds is 5. The van der Waals surface area contributed by atoms with Gasteiger partial charge in [0.1, 0.15) is 5.69 Å². The van der Waals surface area contributed by atoms with Gasteiger partial charge in [-0.2, -0.15) is 5.10 Å².